The molecule has 37 heavy (non-hydrogen) atoms. The molecule has 0 atom stereocenters. The van der Waals surface area contributed by atoms with Crippen LogP contribution in [0.15, 0.2) is 36.9 Å². The van der Waals surface area contributed by atoms with E-state index in [1.54, 1.807) is 10.9 Å². The molecule has 4 aromatic rings. The lowest BCUT2D eigenvalue weighted by atomic mass is 9.97. The summed E-state index contributed by atoms with van der Waals surface area (Å²) in [7, 11) is -1.31. The number of fused-ring (bicyclic) bond motifs is 1. The van der Waals surface area contributed by atoms with Crippen LogP contribution in [0.1, 0.15) is 31.2 Å². The lowest BCUT2D eigenvalue weighted by Gasteiger charge is -2.41. The average molecular weight is 522 g/mol. The fraction of sp³-hybridized carbons (Fsp3) is 0.400. The van der Waals surface area contributed by atoms with Crippen LogP contribution in [0.2, 0.25) is 0 Å². The lowest BCUT2D eigenvalue weighted by Crippen LogP contribution is -2.51. The highest BCUT2D eigenvalue weighted by Crippen LogP contribution is 2.35. The molecule has 1 saturated heterocycles. The van der Waals surface area contributed by atoms with Gasteiger partial charge in [-0.15, -0.1) is 0 Å². The van der Waals surface area contributed by atoms with Gasteiger partial charge in [0, 0.05) is 62.0 Å². The zero-order valence-electron chi connectivity index (χ0n) is 21.6. The molecule has 0 radical (unpaired) electrons. The smallest absolute Gasteiger partial charge is 0.208 e. The van der Waals surface area contributed by atoms with Gasteiger partial charge in [-0.3, -0.25) is 9.67 Å². The van der Waals surface area contributed by atoms with Crippen LogP contribution in [0.5, 0.6) is 0 Å². The Labute approximate surface area is 216 Å². The molecule has 0 spiro atoms. The van der Waals surface area contributed by atoms with E-state index in [2.05, 4.69) is 48.8 Å². The molecule has 2 N–H and O–H groups in total. The number of rotatable bonds is 8. The van der Waals surface area contributed by atoms with E-state index in [-0.39, 0.29) is 11.8 Å². The summed E-state index contributed by atoms with van der Waals surface area (Å²) >= 11 is 0. The molecule has 5 rings (SSSR count). The molecule has 1 aliphatic heterocycles. The van der Waals surface area contributed by atoms with Crippen molar-refractivity contribution in [1.82, 2.24) is 34.4 Å². The molecule has 1 fully saturated rings. The van der Waals surface area contributed by atoms with Crippen molar-refractivity contribution in [2.24, 2.45) is 13.0 Å². The molecule has 11 nitrogen and oxygen atoms in total. The Bertz CT molecular complexity index is 1560. The largest absolute Gasteiger partial charge is 0.369 e. The van der Waals surface area contributed by atoms with Gasteiger partial charge >= 0.3 is 0 Å². The fourth-order valence-electron chi connectivity index (χ4n) is 4.59. The van der Waals surface area contributed by atoms with Gasteiger partial charge in [0.25, 0.3) is 0 Å². The van der Waals surface area contributed by atoms with Crippen LogP contribution in [-0.2, 0) is 17.1 Å². The van der Waals surface area contributed by atoms with Gasteiger partial charge in [-0.05, 0) is 25.0 Å². The Morgan fingerprint density at radius 3 is 2.57 bits per heavy atom. The van der Waals surface area contributed by atoms with Gasteiger partial charge in [0.2, 0.25) is 10.0 Å². The molecule has 1 aliphatic rings. The quantitative estimate of drug-likeness (QED) is 0.359. The van der Waals surface area contributed by atoms with E-state index in [0.29, 0.717) is 24.0 Å². The van der Waals surface area contributed by atoms with E-state index in [9.17, 15) is 8.42 Å². The van der Waals surface area contributed by atoms with Crippen molar-refractivity contribution in [1.29, 1.82) is 0 Å². The molecule has 0 amide bonds. The summed E-state index contributed by atoms with van der Waals surface area (Å²) < 4.78 is 27.2. The lowest BCUT2D eigenvalue weighted by molar-refractivity contribution is 0.407. The molecule has 5 heterocycles. The maximum absolute atomic E-state index is 11.4. The Balaban J connectivity index is 1.41. The molecule has 0 saturated carbocycles. The molecule has 0 unspecified atom stereocenters. The Hall–Kier alpha value is -3.64. The van der Waals surface area contributed by atoms with Gasteiger partial charge in [-0.1, -0.05) is 13.8 Å². The van der Waals surface area contributed by atoms with E-state index in [4.69, 9.17) is 4.98 Å². The van der Waals surface area contributed by atoms with Crippen LogP contribution in [0, 0.1) is 12.8 Å². The molecule has 0 aromatic carbocycles. The highest BCUT2D eigenvalue weighted by atomic mass is 32.2. The molecule has 4 aromatic heterocycles. The second-order valence-corrected chi connectivity index (χ2v) is 11.7. The minimum absolute atomic E-state index is 0.231. The van der Waals surface area contributed by atoms with E-state index in [0.717, 1.165) is 46.5 Å². The number of anilines is 3. The third-order valence-corrected chi connectivity index (χ3v) is 7.12. The first-order chi connectivity index (χ1) is 17.6. The van der Waals surface area contributed by atoms with Gasteiger partial charge in [0.1, 0.15) is 11.6 Å². The highest BCUT2D eigenvalue weighted by Gasteiger charge is 2.29. The average Bonchev–Trinajstić information content (AvgIpc) is 3.15. The number of pyridine rings is 2. The van der Waals surface area contributed by atoms with Crippen LogP contribution in [-0.4, -0.2) is 64.0 Å². The summed E-state index contributed by atoms with van der Waals surface area (Å²) in [6, 6.07) is 3.82. The predicted octanol–water partition coefficient (Wildman–Crippen LogP) is 2.98. The van der Waals surface area contributed by atoms with E-state index >= 15 is 0 Å². The van der Waals surface area contributed by atoms with Gasteiger partial charge < -0.3 is 10.2 Å². The van der Waals surface area contributed by atoms with E-state index < -0.39 is 10.0 Å². The summed E-state index contributed by atoms with van der Waals surface area (Å²) in [5.74, 6) is 2.40. The van der Waals surface area contributed by atoms with Crippen LogP contribution in [0.25, 0.3) is 22.2 Å². The number of aromatic nitrogens is 6. The topological polar surface area (TPSA) is 131 Å². The predicted molar refractivity (Wildman–Crippen MR) is 144 cm³/mol. The minimum Gasteiger partial charge on any atom is -0.369 e. The molecular formula is C25H31N9O2S. The van der Waals surface area contributed by atoms with Gasteiger partial charge in [0.15, 0.2) is 5.82 Å². The van der Waals surface area contributed by atoms with Crippen molar-refractivity contribution in [3.8, 4) is 11.4 Å². The van der Waals surface area contributed by atoms with Crippen molar-refractivity contribution in [2.75, 3.05) is 36.1 Å². The number of sulfonamides is 1. The van der Waals surface area contributed by atoms with Crippen molar-refractivity contribution in [2.45, 2.75) is 26.7 Å². The number of nitrogens with one attached hydrogen (secondary N) is 2. The third kappa shape index (κ3) is 5.39. The second kappa shape index (κ2) is 9.67. The Morgan fingerprint density at radius 2 is 1.89 bits per heavy atom. The summed E-state index contributed by atoms with van der Waals surface area (Å²) in [5, 5.41) is 9.75. The molecule has 194 valence electrons. The zero-order valence-corrected chi connectivity index (χ0v) is 22.4. The summed E-state index contributed by atoms with van der Waals surface area (Å²) in [6.07, 6.45) is 8.58. The van der Waals surface area contributed by atoms with Crippen LogP contribution >= 0.6 is 0 Å². The first-order valence-electron chi connectivity index (χ1n) is 12.2. The first kappa shape index (κ1) is 25.0. The maximum Gasteiger partial charge on any atom is 0.208 e. The normalized spacial score (nSPS) is 14.4. The number of aryl methyl sites for hydroxylation is 2. The number of hydrogen-bond acceptors (Lipinski definition) is 9. The zero-order chi connectivity index (χ0) is 26.3. The Morgan fingerprint density at radius 1 is 1.11 bits per heavy atom. The maximum atomic E-state index is 11.4. The molecule has 0 bridgehead atoms. The molecule has 0 aliphatic carbocycles. The van der Waals surface area contributed by atoms with Crippen molar-refractivity contribution in [3.63, 3.8) is 0 Å². The minimum atomic E-state index is -3.19. The number of hydrogen-bond donors (Lipinski definition) is 2. The monoisotopic (exact) mass is 521 g/mol. The van der Waals surface area contributed by atoms with Crippen LogP contribution in [0.3, 0.4) is 0 Å². The van der Waals surface area contributed by atoms with E-state index in [1.807, 2.05) is 44.7 Å². The number of nitrogens with zero attached hydrogens (tertiary/aromatic N) is 7. The molecular weight excluding hydrogens is 490 g/mol. The van der Waals surface area contributed by atoms with Gasteiger partial charge in [-0.25, -0.2) is 28.1 Å². The fourth-order valence-corrected chi connectivity index (χ4v) is 5.13. The van der Waals surface area contributed by atoms with Crippen molar-refractivity contribution in [3.05, 3.63) is 48.3 Å². The Kier molecular flexibility index (Phi) is 6.54. The van der Waals surface area contributed by atoms with Crippen molar-refractivity contribution < 1.29 is 8.42 Å². The van der Waals surface area contributed by atoms with Crippen LogP contribution in [0.4, 0.5) is 17.3 Å². The first-order valence-corrected chi connectivity index (χ1v) is 14.1. The van der Waals surface area contributed by atoms with Gasteiger partial charge in [-0.2, -0.15) is 5.10 Å². The summed E-state index contributed by atoms with van der Waals surface area (Å²) in [4.78, 5) is 20.8. The second-order valence-electron chi connectivity index (χ2n) is 9.88. The van der Waals surface area contributed by atoms with Crippen molar-refractivity contribution >= 4 is 38.1 Å². The summed E-state index contributed by atoms with van der Waals surface area (Å²) in [5.41, 5.74) is 3.75. The molecule has 12 heteroatoms. The van der Waals surface area contributed by atoms with E-state index in [1.165, 1.54) is 6.26 Å². The third-order valence-electron chi connectivity index (χ3n) is 6.43. The SMILES string of the molecule is Cc1nn(C)cc1-c1nccc(Nc2cc3c(C(C)C)ncc(N4CC(CNS(C)(=O)=O)C4)c3cn2)n1. The standard InChI is InChI=1S/C25H31N9O2S/c1-15(2)24-18-8-23(30-22-6-7-26-25(31-22)20-14-33(4)32-16(20)3)27-10-19(18)21(11-28-24)34-12-17(13-34)9-29-37(5,35)36/h6-8,10-11,14-15,17,29H,9,12-13H2,1-5H3,(H,26,27,30,31). The summed E-state index contributed by atoms with van der Waals surface area (Å²) in [6.45, 7) is 8.15. The van der Waals surface area contributed by atoms with Gasteiger partial charge in [0.05, 0.1) is 35.1 Å². The van der Waals surface area contributed by atoms with Crippen LogP contribution < -0.4 is 14.9 Å². The highest BCUT2D eigenvalue weighted by molar-refractivity contribution is 7.88.